The minimum Gasteiger partial charge on any atom is -0.205 e. The van der Waals surface area contributed by atoms with E-state index in [1.54, 1.807) is 0 Å². The average Bonchev–Trinajstić information content (AvgIpc) is 1.84. The largest absolute Gasteiger partial charge is 0.253 e. The van der Waals surface area contributed by atoms with E-state index in [4.69, 9.17) is 0 Å². The second-order valence-corrected chi connectivity index (χ2v) is 3.04. The Morgan fingerprint density at radius 3 is 2.43 bits per heavy atom. The first-order valence-electron chi connectivity index (χ1n) is 1.88. The second-order valence-electron chi connectivity index (χ2n) is 1.29. The molecule has 1 heterocycles. The predicted molar refractivity (Wildman–Crippen MR) is 25.8 cm³/mol. The van der Waals surface area contributed by atoms with E-state index < -0.39 is 10.0 Å². The summed E-state index contributed by atoms with van der Waals surface area (Å²) in [5.74, 6) is 0.146. The van der Waals surface area contributed by atoms with E-state index in [-0.39, 0.29) is 5.75 Å². The van der Waals surface area contributed by atoms with E-state index in [0.717, 1.165) is 0 Å². The Kier molecular flexibility index (Phi) is 0.883. The number of rotatable bonds is 0. The van der Waals surface area contributed by atoms with Crippen LogP contribution in [-0.4, -0.2) is 20.4 Å². The van der Waals surface area contributed by atoms with Gasteiger partial charge in [-0.1, -0.05) is 0 Å². The van der Waals surface area contributed by atoms with E-state index in [9.17, 15) is 8.42 Å². The summed E-state index contributed by atoms with van der Waals surface area (Å²) in [4.78, 5) is 0. The van der Waals surface area contributed by atoms with Crippen molar-refractivity contribution in [2.45, 2.75) is 6.42 Å². The molecule has 0 atom stereocenters. The van der Waals surface area contributed by atoms with Gasteiger partial charge in [-0.15, -0.1) is 0 Å². The van der Waals surface area contributed by atoms with Crippen LogP contribution < -0.4 is 0 Å². The fourth-order valence-electron chi connectivity index (χ4n) is 0.364. The summed E-state index contributed by atoms with van der Waals surface area (Å²) in [6.45, 7) is 0. The molecule has 0 aromatic heterocycles. The van der Waals surface area contributed by atoms with Gasteiger partial charge < -0.3 is 0 Å². The highest BCUT2D eigenvalue weighted by Gasteiger charge is 2.10. The van der Waals surface area contributed by atoms with Gasteiger partial charge in [-0.3, -0.25) is 0 Å². The maximum absolute atomic E-state index is 10.2. The van der Waals surface area contributed by atoms with E-state index in [0.29, 0.717) is 6.42 Å². The summed E-state index contributed by atoms with van der Waals surface area (Å²) in [6.07, 6.45) is 2.81. The maximum atomic E-state index is 10.2. The predicted octanol–water partition coefficient (Wildman–Crippen LogP) is -0.332. The maximum Gasteiger partial charge on any atom is 0.253 e. The zero-order valence-electron chi connectivity index (χ0n) is 3.59. The molecule has 39 valence electrons. The average molecular weight is 118 g/mol. The Hall–Kier alpha value is -0.380. The van der Waals surface area contributed by atoms with Gasteiger partial charge in [0.1, 0.15) is 0 Å². The van der Waals surface area contributed by atoms with E-state index in [2.05, 4.69) is 10.6 Å². The molecule has 0 bridgehead atoms. The molecule has 0 spiro atoms. The molecule has 7 heavy (non-hydrogen) atoms. The molecular formula is C3H4NO2S. The molecule has 1 rings (SSSR count). The van der Waals surface area contributed by atoms with Crippen LogP contribution in [0.3, 0.4) is 0 Å². The summed E-state index contributed by atoms with van der Waals surface area (Å²) in [5.41, 5.74) is 0. The Labute approximate surface area is 42.1 Å². The van der Waals surface area contributed by atoms with Crippen LogP contribution in [0.15, 0.2) is 4.40 Å². The van der Waals surface area contributed by atoms with Crippen LogP contribution in [0.4, 0.5) is 0 Å². The first kappa shape index (κ1) is 4.77. The third-order valence-corrected chi connectivity index (χ3v) is 1.80. The van der Waals surface area contributed by atoms with Gasteiger partial charge in [-0.2, -0.15) is 4.40 Å². The van der Waals surface area contributed by atoms with Crippen LogP contribution in [0.2, 0.25) is 0 Å². The molecule has 1 aliphatic heterocycles. The second kappa shape index (κ2) is 1.30. The molecule has 1 radical (unpaired) electrons. The molecule has 0 saturated carbocycles. The lowest BCUT2D eigenvalue weighted by Crippen LogP contribution is -1.92. The van der Waals surface area contributed by atoms with Gasteiger partial charge in [0.2, 0.25) is 0 Å². The van der Waals surface area contributed by atoms with Crippen molar-refractivity contribution >= 4 is 16.2 Å². The van der Waals surface area contributed by atoms with Gasteiger partial charge in [-0.25, -0.2) is 8.42 Å². The molecule has 4 heteroatoms. The van der Waals surface area contributed by atoms with E-state index >= 15 is 0 Å². The summed E-state index contributed by atoms with van der Waals surface area (Å²) in [6, 6.07) is 0. The quantitative estimate of drug-likeness (QED) is 0.437. The van der Waals surface area contributed by atoms with Crippen molar-refractivity contribution in [3.63, 3.8) is 0 Å². The van der Waals surface area contributed by atoms with Crippen LogP contribution in [0.5, 0.6) is 0 Å². The molecule has 0 aromatic carbocycles. The van der Waals surface area contributed by atoms with E-state index in [1.807, 2.05) is 0 Å². The Balaban J connectivity index is 2.99. The van der Waals surface area contributed by atoms with Gasteiger partial charge in [0, 0.05) is 6.42 Å². The summed E-state index contributed by atoms with van der Waals surface area (Å²) < 4.78 is 23.5. The van der Waals surface area contributed by atoms with Crippen molar-refractivity contribution in [3.05, 3.63) is 0 Å². The SMILES string of the molecule is O=S1(=O)CC[C]=N1. The Bertz CT molecular complexity index is 179. The van der Waals surface area contributed by atoms with Crippen molar-refractivity contribution < 1.29 is 8.42 Å². The smallest absolute Gasteiger partial charge is 0.205 e. The van der Waals surface area contributed by atoms with Crippen molar-refractivity contribution in [1.29, 1.82) is 0 Å². The molecule has 0 N–H and O–H groups in total. The van der Waals surface area contributed by atoms with Crippen molar-refractivity contribution in [1.82, 2.24) is 0 Å². The van der Waals surface area contributed by atoms with Crippen LogP contribution >= 0.6 is 0 Å². The number of nitrogens with zero attached hydrogens (tertiary/aromatic N) is 1. The molecule has 0 saturated heterocycles. The van der Waals surface area contributed by atoms with Crippen LogP contribution in [0.25, 0.3) is 0 Å². The van der Waals surface area contributed by atoms with Crippen LogP contribution in [0.1, 0.15) is 6.42 Å². The standard InChI is InChI=1S/C3H4NO2S/c5-7(6)3-1-2-4-7/h1,3H2. The summed E-state index contributed by atoms with van der Waals surface area (Å²) in [7, 11) is -3.03. The minimum absolute atomic E-state index is 0.146. The molecule has 0 aliphatic carbocycles. The lowest BCUT2D eigenvalue weighted by molar-refractivity contribution is 0.600. The molecule has 0 unspecified atom stereocenters. The van der Waals surface area contributed by atoms with Gasteiger partial charge in [-0.05, 0) is 0 Å². The first-order valence-corrected chi connectivity index (χ1v) is 3.49. The van der Waals surface area contributed by atoms with Crippen LogP contribution in [0, 0.1) is 0 Å². The summed E-state index contributed by atoms with van der Waals surface area (Å²) >= 11 is 0. The van der Waals surface area contributed by atoms with Crippen molar-refractivity contribution in [3.8, 4) is 0 Å². The first-order chi connectivity index (χ1) is 3.21. The highest BCUT2D eigenvalue weighted by molar-refractivity contribution is 7.90. The van der Waals surface area contributed by atoms with Gasteiger partial charge in [0.05, 0.1) is 12.0 Å². The molecule has 3 nitrogen and oxygen atoms in total. The molecule has 1 aliphatic rings. The molecule has 0 fully saturated rings. The van der Waals surface area contributed by atoms with Gasteiger partial charge in [0.15, 0.2) is 0 Å². The highest BCUT2D eigenvalue weighted by Crippen LogP contribution is 1.99. The zero-order chi connectivity index (χ0) is 5.33. The van der Waals surface area contributed by atoms with Crippen molar-refractivity contribution in [2.75, 3.05) is 5.75 Å². The molecule has 0 amide bonds. The normalized spacial score (nSPS) is 25.7. The zero-order valence-corrected chi connectivity index (χ0v) is 4.40. The monoisotopic (exact) mass is 118 g/mol. The number of hydrogen-bond acceptors (Lipinski definition) is 2. The third kappa shape index (κ3) is 0.991. The molecule has 0 aromatic rings. The van der Waals surface area contributed by atoms with Gasteiger partial charge in [0.25, 0.3) is 10.0 Å². The van der Waals surface area contributed by atoms with E-state index in [1.165, 1.54) is 0 Å². The topological polar surface area (TPSA) is 46.5 Å². The fourth-order valence-corrected chi connectivity index (χ4v) is 1.09. The lowest BCUT2D eigenvalue weighted by atomic mass is 10.6. The van der Waals surface area contributed by atoms with Crippen LogP contribution in [-0.2, 0) is 10.0 Å². The van der Waals surface area contributed by atoms with Crippen molar-refractivity contribution in [2.24, 2.45) is 4.40 Å². The highest BCUT2D eigenvalue weighted by atomic mass is 32.2. The minimum atomic E-state index is -3.03. The lowest BCUT2D eigenvalue weighted by Gasteiger charge is -1.78. The Morgan fingerprint density at radius 2 is 2.29 bits per heavy atom. The third-order valence-electron chi connectivity index (χ3n) is 0.675. The number of hydrogen-bond donors (Lipinski definition) is 0. The number of sulfonamides is 1. The summed E-state index contributed by atoms with van der Waals surface area (Å²) in [5, 5.41) is 0. The molecular weight excluding hydrogens is 114 g/mol. The Morgan fingerprint density at radius 1 is 1.57 bits per heavy atom. The van der Waals surface area contributed by atoms with Gasteiger partial charge >= 0.3 is 0 Å². The fraction of sp³-hybridized carbons (Fsp3) is 0.667.